The molecular weight excluding hydrogens is 388 g/mol. The number of hydrogen-bond acceptors (Lipinski definition) is 7. The second kappa shape index (κ2) is 10.4. The van der Waals surface area contributed by atoms with Crippen molar-refractivity contribution in [1.29, 1.82) is 0 Å². The molecule has 1 aliphatic rings. The van der Waals surface area contributed by atoms with Crippen LogP contribution in [0.3, 0.4) is 0 Å². The summed E-state index contributed by atoms with van der Waals surface area (Å²) in [6.45, 7) is 2.24. The first-order valence-corrected chi connectivity index (χ1v) is 10.5. The smallest absolute Gasteiger partial charge is 0.332 e. The van der Waals surface area contributed by atoms with Crippen LogP contribution in [0.2, 0.25) is 0 Å². The van der Waals surface area contributed by atoms with Crippen LogP contribution in [0.15, 0.2) is 23.1 Å². The van der Waals surface area contributed by atoms with E-state index in [1.807, 2.05) is 0 Å². The average molecular weight is 414 g/mol. The molecule has 0 saturated carbocycles. The van der Waals surface area contributed by atoms with Gasteiger partial charge in [-0.25, -0.2) is 13.2 Å². The Hall–Kier alpha value is -2.17. The first-order chi connectivity index (χ1) is 13.4. The Morgan fingerprint density at radius 1 is 1.14 bits per heavy atom. The number of carbonyl (C=O) groups excluding carboxylic acids is 2. The van der Waals surface area contributed by atoms with Crippen molar-refractivity contribution in [2.45, 2.75) is 31.1 Å². The van der Waals surface area contributed by atoms with Crippen molar-refractivity contribution in [2.24, 2.45) is 0 Å². The van der Waals surface area contributed by atoms with Crippen LogP contribution in [0.25, 0.3) is 0 Å². The monoisotopic (exact) mass is 414 g/mol. The number of piperidine rings is 1. The molecule has 1 amide bonds. The summed E-state index contributed by atoms with van der Waals surface area (Å²) in [6.07, 6.45) is 2.63. The Morgan fingerprint density at radius 2 is 1.86 bits per heavy atom. The van der Waals surface area contributed by atoms with E-state index in [1.54, 1.807) is 6.92 Å². The van der Waals surface area contributed by atoms with Gasteiger partial charge in [0, 0.05) is 25.9 Å². The van der Waals surface area contributed by atoms with Crippen LogP contribution in [0.1, 0.15) is 26.2 Å². The van der Waals surface area contributed by atoms with E-state index in [0.29, 0.717) is 19.7 Å². The lowest BCUT2D eigenvalue weighted by Crippen LogP contribution is -2.35. The molecule has 1 saturated heterocycles. The molecule has 9 nitrogen and oxygen atoms in total. The van der Waals surface area contributed by atoms with E-state index in [9.17, 15) is 18.0 Å². The van der Waals surface area contributed by atoms with Gasteiger partial charge in [-0.05, 0) is 38.0 Å². The number of rotatable bonds is 9. The van der Waals surface area contributed by atoms with Crippen LogP contribution in [-0.2, 0) is 29.1 Å². The third kappa shape index (κ3) is 5.91. The van der Waals surface area contributed by atoms with Crippen LogP contribution in [0.4, 0.5) is 5.69 Å². The molecule has 1 aromatic carbocycles. The minimum absolute atomic E-state index is 0.00503. The number of nitrogens with zero attached hydrogens (tertiary/aromatic N) is 1. The maximum Gasteiger partial charge on any atom is 0.332 e. The van der Waals surface area contributed by atoms with Gasteiger partial charge in [0.25, 0.3) is 5.91 Å². The van der Waals surface area contributed by atoms with Gasteiger partial charge < -0.3 is 19.5 Å². The van der Waals surface area contributed by atoms with Crippen molar-refractivity contribution in [3.8, 4) is 5.75 Å². The Balaban J connectivity index is 2.18. The van der Waals surface area contributed by atoms with Crippen molar-refractivity contribution in [3.63, 3.8) is 0 Å². The molecule has 156 valence electrons. The molecule has 1 aliphatic heterocycles. The molecule has 0 atom stereocenters. The first kappa shape index (κ1) is 22.1. The summed E-state index contributed by atoms with van der Waals surface area (Å²) in [5.41, 5.74) is 0.270. The number of nitrogens with one attached hydrogen (secondary N) is 1. The molecule has 28 heavy (non-hydrogen) atoms. The largest absolute Gasteiger partial charge is 0.492 e. The van der Waals surface area contributed by atoms with Gasteiger partial charge >= 0.3 is 5.97 Å². The first-order valence-electron chi connectivity index (χ1n) is 9.10. The summed E-state index contributed by atoms with van der Waals surface area (Å²) in [5, 5.41) is 2.53. The van der Waals surface area contributed by atoms with Crippen LogP contribution in [0, 0.1) is 0 Å². The highest BCUT2D eigenvalue weighted by atomic mass is 32.2. The highest BCUT2D eigenvalue weighted by molar-refractivity contribution is 7.89. The molecule has 1 N–H and O–H groups in total. The fraction of sp³-hybridized carbons (Fsp3) is 0.556. The van der Waals surface area contributed by atoms with Crippen molar-refractivity contribution in [3.05, 3.63) is 18.2 Å². The van der Waals surface area contributed by atoms with Gasteiger partial charge in [-0.3, -0.25) is 4.79 Å². The number of ether oxygens (including phenoxy) is 3. The second-order valence-corrected chi connectivity index (χ2v) is 8.11. The second-order valence-electron chi connectivity index (χ2n) is 6.20. The zero-order valence-electron chi connectivity index (χ0n) is 16.1. The van der Waals surface area contributed by atoms with E-state index in [-0.39, 0.29) is 22.9 Å². The lowest BCUT2D eigenvalue weighted by molar-refractivity contribution is -0.150. The molecule has 1 aromatic rings. The van der Waals surface area contributed by atoms with Crippen LogP contribution < -0.4 is 10.1 Å². The molecule has 0 unspecified atom stereocenters. The molecular formula is C18H26N2O7S. The van der Waals surface area contributed by atoms with Gasteiger partial charge in [0.15, 0.2) is 6.61 Å². The fourth-order valence-corrected chi connectivity index (χ4v) is 4.48. The Morgan fingerprint density at radius 3 is 2.50 bits per heavy atom. The quantitative estimate of drug-likeness (QED) is 0.608. The van der Waals surface area contributed by atoms with E-state index in [0.717, 1.165) is 19.3 Å². The van der Waals surface area contributed by atoms with E-state index >= 15 is 0 Å². The SMILES string of the molecule is CCOc1ccc(NC(=O)COC(=O)COC)cc1S(=O)(=O)N1CCCCC1. The number of hydrogen-bond donors (Lipinski definition) is 1. The standard InChI is InChI=1S/C18H26N2O7S/c1-3-26-15-8-7-14(19-17(21)12-27-18(22)13-25-2)11-16(15)28(23,24)20-9-5-4-6-10-20/h7-8,11H,3-6,9-10,12-13H2,1-2H3,(H,19,21). The molecule has 1 heterocycles. The zero-order valence-corrected chi connectivity index (χ0v) is 16.9. The predicted molar refractivity (Wildman–Crippen MR) is 102 cm³/mol. The highest BCUT2D eigenvalue weighted by Gasteiger charge is 2.29. The number of carbonyl (C=O) groups is 2. The Kier molecular flexibility index (Phi) is 8.21. The molecule has 0 spiro atoms. The normalized spacial score (nSPS) is 15.1. The van der Waals surface area contributed by atoms with E-state index < -0.39 is 28.5 Å². The Labute approximate surface area is 165 Å². The van der Waals surface area contributed by atoms with Gasteiger partial charge in [0.1, 0.15) is 17.3 Å². The molecule has 1 fully saturated rings. The Bertz CT molecular complexity index is 789. The summed E-state index contributed by atoms with van der Waals surface area (Å²) >= 11 is 0. The van der Waals surface area contributed by atoms with Crippen LogP contribution in [-0.4, -0.2) is 64.6 Å². The molecule has 0 radical (unpaired) electrons. The summed E-state index contributed by atoms with van der Waals surface area (Å²) in [6, 6.07) is 4.41. The molecule has 2 rings (SSSR count). The predicted octanol–water partition coefficient (Wildman–Crippen LogP) is 1.39. The van der Waals surface area contributed by atoms with E-state index in [1.165, 1.54) is 29.6 Å². The lowest BCUT2D eigenvalue weighted by Gasteiger charge is -2.27. The minimum atomic E-state index is -3.75. The van der Waals surface area contributed by atoms with Gasteiger partial charge in [-0.2, -0.15) is 4.31 Å². The number of esters is 1. The van der Waals surface area contributed by atoms with E-state index in [2.05, 4.69) is 10.1 Å². The fourth-order valence-electron chi connectivity index (χ4n) is 2.81. The average Bonchev–Trinajstić information content (AvgIpc) is 2.68. The minimum Gasteiger partial charge on any atom is -0.492 e. The third-order valence-electron chi connectivity index (χ3n) is 4.09. The van der Waals surface area contributed by atoms with Gasteiger partial charge in [0.05, 0.1) is 6.61 Å². The van der Waals surface area contributed by atoms with Crippen molar-refractivity contribution < 1.29 is 32.2 Å². The zero-order chi connectivity index (χ0) is 20.6. The van der Waals surface area contributed by atoms with Crippen LogP contribution >= 0.6 is 0 Å². The summed E-state index contributed by atoms with van der Waals surface area (Å²) in [5.74, 6) is -1.02. The van der Waals surface area contributed by atoms with Crippen LogP contribution in [0.5, 0.6) is 5.75 Å². The third-order valence-corrected chi connectivity index (χ3v) is 6.01. The topological polar surface area (TPSA) is 111 Å². The van der Waals surface area contributed by atoms with E-state index in [4.69, 9.17) is 9.47 Å². The maximum absolute atomic E-state index is 13.1. The maximum atomic E-state index is 13.1. The summed E-state index contributed by atoms with van der Waals surface area (Å²) < 4.78 is 42.4. The number of sulfonamides is 1. The summed E-state index contributed by atoms with van der Waals surface area (Å²) in [4.78, 5) is 23.2. The molecule has 0 bridgehead atoms. The number of methoxy groups -OCH3 is 1. The summed E-state index contributed by atoms with van der Waals surface area (Å²) in [7, 11) is -2.41. The van der Waals surface area contributed by atoms with Crippen molar-refractivity contribution >= 4 is 27.6 Å². The van der Waals surface area contributed by atoms with Gasteiger partial charge in [0.2, 0.25) is 10.0 Å². The van der Waals surface area contributed by atoms with Gasteiger partial charge in [-0.1, -0.05) is 6.42 Å². The molecule has 0 aliphatic carbocycles. The molecule has 10 heteroatoms. The number of benzene rings is 1. The van der Waals surface area contributed by atoms with Crippen molar-refractivity contribution in [1.82, 2.24) is 4.31 Å². The highest BCUT2D eigenvalue weighted by Crippen LogP contribution is 2.31. The van der Waals surface area contributed by atoms with Crippen molar-refractivity contribution in [2.75, 3.05) is 45.3 Å². The number of amides is 1. The lowest BCUT2D eigenvalue weighted by atomic mass is 10.2. The molecule has 0 aromatic heterocycles. The van der Waals surface area contributed by atoms with Gasteiger partial charge in [-0.15, -0.1) is 0 Å². The number of anilines is 1.